The van der Waals surface area contributed by atoms with Crippen LogP contribution in [0.2, 0.25) is 10.0 Å². The molecule has 0 aliphatic rings. The van der Waals surface area contributed by atoms with Gasteiger partial charge in [-0.05, 0) is 43.5 Å². The average Bonchev–Trinajstić information content (AvgIpc) is 3.26. The minimum atomic E-state index is -0.430. The molecule has 0 bridgehead atoms. The molecule has 1 heterocycles. The van der Waals surface area contributed by atoms with Crippen molar-refractivity contribution in [1.29, 1.82) is 0 Å². The third-order valence-electron chi connectivity index (χ3n) is 5.37. The van der Waals surface area contributed by atoms with Crippen LogP contribution in [0.3, 0.4) is 0 Å². The number of hydrogen-bond donors (Lipinski definition) is 2. The molecule has 1 atom stereocenters. The molecule has 4 rings (SSSR count). The fourth-order valence-corrected chi connectivity index (χ4v) is 4.99. The Morgan fingerprint density at radius 3 is 2.60 bits per heavy atom. The lowest BCUT2D eigenvalue weighted by molar-refractivity contribution is -0.113. The van der Waals surface area contributed by atoms with Crippen LogP contribution < -0.4 is 10.6 Å². The topological polar surface area (TPSA) is 88.9 Å². The Balaban J connectivity index is 1.41. The third-order valence-corrected chi connectivity index (χ3v) is 6.88. The van der Waals surface area contributed by atoms with E-state index in [2.05, 4.69) is 20.8 Å². The number of hydrogen-bond acceptors (Lipinski definition) is 5. The minimum absolute atomic E-state index is 0.141. The molecule has 0 saturated heterocycles. The monoisotopic (exact) mass is 527 g/mol. The van der Waals surface area contributed by atoms with Crippen molar-refractivity contribution in [3.05, 3.63) is 82.1 Å². The molecule has 0 unspecified atom stereocenters. The summed E-state index contributed by atoms with van der Waals surface area (Å²) in [4.78, 5) is 25.4. The van der Waals surface area contributed by atoms with E-state index >= 15 is 0 Å². The lowest BCUT2D eigenvalue weighted by atomic mass is 10.1. The van der Waals surface area contributed by atoms with Crippen molar-refractivity contribution in [1.82, 2.24) is 20.1 Å². The molecule has 180 valence electrons. The lowest BCUT2D eigenvalue weighted by Crippen LogP contribution is -2.29. The van der Waals surface area contributed by atoms with Gasteiger partial charge in [-0.25, -0.2) is 0 Å². The van der Waals surface area contributed by atoms with Crippen molar-refractivity contribution in [2.45, 2.75) is 31.6 Å². The third kappa shape index (κ3) is 5.78. The van der Waals surface area contributed by atoms with Crippen molar-refractivity contribution >= 4 is 63.2 Å². The van der Waals surface area contributed by atoms with E-state index in [1.54, 1.807) is 12.1 Å². The van der Waals surface area contributed by atoms with Gasteiger partial charge >= 0.3 is 0 Å². The number of aromatic nitrogens is 3. The number of rotatable bonds is 8. The van der Waals surface area contributed by atoms with Gasteiger partial charge in [0.2, 0.25) is 5.91 Å². The second-order valence-corrected chi connectivity index (χ2v) is 9.55. The SMILES string of the molecule is CCn1c(SCC(=O)Nc2cccc3ccccc23)nnc1[C@@H](C)NC(=O)c1ccc(Cl)cc1Cl. The van der Waals surface area contributed by atoms with E-state index < -0.39 is 6.04 Å². The van der Waals surface area contributed by atoms with Gasteiger partial charge in [0.1, 0.15) is 0 Å². The molecule has 35 heavy (non-hydrogen) atoms. The zero-order valence-electron chi connectivity index (χ0n) is 19.1. The number of nitrogens with one attached hydrogen (secondary N) is 2. The summed E-state index contributed by atoms with van der Waals surface area (Å²) in [6.07, 6.45) is 0. The Kier molecular flexibility index (Phi) is 7.95. The van der Waals surface area contributed by atoms with Crippen molar-refractivity contribution in [2.24, 2.45) is 0 Å². The van der Waals surface area contributed by atoms with Crippen LogP contribution in [0.15, 0.2) is 65.8 Å². The maximum Gasteiger partial charge on any atom is 0.253 e. The Labute approximate surface area is 217 Å². The number of fused-ring (bicyclic) bond motifs is 1. The predicted molar refractivity (Wildman–Crippen MR) is 141 cm³/mol. The maximum atomic E-state index is 12.7. The molecule has 0 aliphatic carbocycles. The van der Waals surface area contributed by atoms with Gasteiger partial charge < -0.3 is 15.2 Å². The first-order valence-corrected chi connectivity index (χ1v) is 12.7. The first kappa shape index (κ1) is 25.0. The number of nitrogens with zero attached hydrogens (tertiary/aromatic N) is 3. The lowest BCUT2D eigenvalue weighted by Gasteiger charge is -2.15. The summed E-state index contributed by atoms with van der Waals surface area (Å²) in [6, 6.07) is 18.0. The van der Waals surface area contributed by atoms with Crippen molar-refractivity contribution in [3.63, 3.8) is 0 Å². The summed E-state index contributed by atoms with van der Waals surface area (Å²) < 4.78 is 1.88. The number of carbonyl (C=O) groups excluding carboxylic acids is 2. The molecule has 7 nitrogen and oxygen atoms in total. The summed E-state index contributed by atoms with van der Waals surface area (Å²) in [5.41, 5.74) is 1.09. The van der Waals surface area contributed by atoms with Gasteiger partial charge in [0.05, 0.1) is 22.4 Å². The molecule has 1 aromatic heterocycles. The molecular weight excluding hydrogens is 505 g/mol. The number of thioether (sulfide) groups is 1. The highest BCUT2D eigenvalue weighted by Gasteiger charge is 2.21. The largest absolute Gasteiger partial charge is 0.342 e. The average molecular weight is 528 g/mol. The quantitative estimate of drug-likeness (QED) is 0.275. The normalized spacial score (nSPS) is 11.9. The predicted octanol–water partition coefficient (Wildman–Crippen LogP) is 5.98. The molecule has 0 radical (unpaired) electrons. The van der Waals surface area contributed by atoms with Crippen LogP contribution in [0, 0.1) is 0 Å². The zero-order valence-corrected chi connectivity index (χ0v) is 21.4. The van der Waals surface area contributed by atoms with Crippen LogP contribution >= 0.6 is 35.0 Å². The number of carbonyl (C=O) groups is 2. The Morgan fingerprint density at radius 2 is 1.83 bits per heavy atom. The zero-order chi connectivity index (χ0) is 24.9. The molecular formula is C25H23Cl2N5O2S. The summed E-state index contributed by atoms with van der Waals surface area (Å²) in [5.74, 6) is 0.274. The van der Waals surface area contributed by atoms with Crippen molar-refractivity contribution in [2.75, 3.05) is 11.1 Å². The highest BCUT2D eigenvalue weighted by atomic mass is 35.5. The highest BCUT2D eigenvalue weighted by molar-refractivity contribution is 7.99. The summed E-state index contributed by atoms with van der Waals surface area (Å²) in [7, 11) is 0. The van der Waals surface area contributed by atoms with Crippen molar-refractivity contribution < 1.29 is 9.59 Å². The molecule has 0 aliphatic heterocycles. The molecule has 2 N–H and O–H groups in total. The number of anilines is 1. The van der Waals surface area contributed by atoms with E-state index in [0.717, 1.165) is 16.5 Å². The van der Waals surface area contributed by atoms with Crippen LogP contribution in [-0.4, -0.2) is 32.3 Å². The van der Waals surface area contributed by atoms with Gasteiger partial charge in [0.15, 0.2) is 11.0 Å². The van der Waals surface area contributed by atoms with Crippen LogP contribution in [0.1, 0.15) is 36.1 Å². The summed E-state index contributed by atoms with van der Waals surface area (Å²) in [5, 5.41) is 17.8. The van der Waals surface area contributed by atoms with E-state index in [-0.39, 0.29) is 22.6 Å². The second kappa shape index (κ2) is 11.1. The number of benzene rings is 3. The van der Waals surface area contributed by atoms with E-state index in [1.807, 2.05) is 60.9 Å². The molecule has 2 amide bonds. The fraction of sp³-hybridized carbons (Fsp3) is 0.200. The second-order valence-electron chi connectivity index (χ2n) is 7.77. The standard InChI is InChI=1S/C25H23Cl2N5O2S/c1-3-32-23(15(2)28-24(34)19-12-11-17(26)13-20(19)27)30-31-25(32)35-14-22(33)29-21-10-6-8-16-7-4-5-9-18(16)21/h4-13,15H,3,14H2,1-2H3,(H,28,34)(H,29,33)/t15-/m1/s1. The van der Waals surface area contributed by atoms with Crippen molar-refractivity contribution in [3.8, 4) is 0 Å². The Bertz CT molecular complexity index is 1390. The molecule has 3 aromatic carbocycles. The molecule has 0 fully saturated rings. The minimum Gasteiger partial charge on any atom is -0.342 e. The highest BCUT2D eigenvalue weighted by Crippen LogP contribution is 2.25. The van der Waals surface area contributed by atoms with Crippen LogP contribution in [0.5, 0.6) is 0 Å². The van der Waals surface area contributed by atoms with E-state index in [1.165, 1.54) is 17.8 Å². The van der Waals surface area contributed by atoms with E-state index in [4.69, 9.17) is 23.2 Å². The van der Waals surface area contributed by atoms with Gasteiger partial charge in [0.25, 0.3) is 5.91 Å². The fourth-order valence-electron chi connectivity index (χ4n) is 3.69. The van der Waals surface area contributed by atoms with Gasteiger partial charge in [-0.3, -0.25) is 9.59 Å². The molecule has 10 heteroatoms. The molecule has 0 saturated carbocycles. The first-order chi connectivity index (χ1) is 16.9. The smallest absolute Gasteiger partial charge is 0.253 e. The number of amides is 2. The maximum absolute atomic E-state index is 12.7. The van der Waals surface area contributed by atoms with Gasteiger partial charge in [0, 0.05) is 22.6 Å². The summed E-state index contributed by atoms with van der Waals surface area (Å²) >= 11 is 13.4. The Hall–Kier alpha value is -3.07. The number of halogens is 2. The van der Waals surface area contributed by atoms with Crippen LogP contribution in [0.25, 0.3) is 10.8 Å². The van der Waals surface area contributed by atoms with E-state index in [9.17, 15) is 9.59 Å². The molecule has 0 spiro atoms. The van der Waals surface area contributed by atoms with Gasteiger partial charge in [-0.1, -0.05) is 71.4 Å². The Morgan fingerprint density at radius 1 is 1.06 bits per heavy atom. The van der Waals surface area contributed by atoms with Gasteiger partial charge in [-0.2, -0.15) is 0 Å². The first-order valence-electron chi connectivity index (χ1n) is 11.0. The van der Waals surface area contributed by atoms with E-state index in [0.29, 0.717) is 28.1 Å². The molecule has 4 aromatic rings. The van der Waals surface area contributed by atoms with Gasteiger partial charge in [-0.15, -0.1) is 10.2 Å². The van der Waals surface area contributed by atoms with Crippen LogP contribution in [-0.2, 0) is 11.3 Å². The van der Waals surface area contributed by atoms with Crippen LogP contribution in [0.4, 0.5) is 5.69 Å². The summed E-state index contributed by atoms with van der Waals surface area (Å²) in [6.45, 7) is 4.36.